The van der Waals surface area contributed by atoms with Crippen molar-refractivity contribution in [3.8, 4) is 0 Å². The van der Waals surface area contributed by atoms with Gasteiger partial charge in [0.1, 0.15) is 19.5 Å². The highest BCUT2D eigenvalue weighted by molar-refractivity contribution is 7.56. The van der Waals surface area contributed by atoms with Gasteiger partial charge in [-0.3, -0.25) is 19.1 Å². The second-order valence-corrected chi connectivity index (χ2v) is 12.9. The largest absolute Gasteiger partial charge is 0.445 e. The molecule has 0 aliphatic carbocycles. The summed E-state index contributed by atoms with van der Waals surface area (Å²) in [6, 6.07) is 25.1. The van der Waals surface area contributed by atoms with Crippen LogP contribution in [0.3, 0.4) is 0 Å². The molecule has 0 saturated carbocycles. The number of hydrogen-bond acceptors (Lipinski definition) is 8. The van der Waals surface area contributed by atoms with Crippen molar-refractivity contribution in [2.45, 2.75) is 32.5 Å². The second-order valence-electron chi connectivity index (χ2n) is 10.6. The maximum atomic E-state index is 13.4. The van der Waals surface area contributed by atoms with Crippen molar-refractivity contribution in [1.29, 1.82) is 0 Å². The normalized spacial score (nSPS) is 13.5. The number of rotatable bonds is 17. The molecular formula is C33H39N4O8P. The van der Waals surface area contributed by atoms with Gasteiger partial charge in [-0.25, -0.2) is 14.7 Å². The van der Waals surface area contributed by atoms with Gasteiger partial charge < -0.3 is 24.2 Å². The Balaban J connectivity index is 1.23. The van der Waals surface area contributed by atoms with Crippen LogP contribution >= 0.6 is 7.52 Å². The van der Waals surface area contributed by atoms with E-state index in [4.69, 9.17) is 14.0 Å². The fraction of sp³-hybridized carbons (Fsp3) is 0.333. The highest BCUT2D eigenvalue weighted by Crippen LogP contribution is 2.43. The van der Waals surface area contributed by atoms with E-state index < -0.39 is 37.8 Å². The lowest BCUT2D eigenvalue weighted by Gasteiger charge is -2.24. The van der Waals surface area contributed by atoms with Crippen molar-refractivity contribution >= 4 is 31.5 Å². The van der Waals surface area contributed by atoms with Crippen LogP contribution in [0.4, 0.5) is 9.59 Å². The summed E-state index contributed by atoms with van der Waals surface area (Å²) in [7, 11) is -2.35. The van der Waals surface area contributed by atoms with Crippen LogP contribution in [-0.4, -0.2) is 73.4 Å². The lowest BCUT2D eigenvalue weighted by molar-refractivity contribution is 0.0673. The Morgan fingerprint density at radius 2 is 1.28 bits per heavy atom. The van der Waals surface area contributed by atoms with Gasteiger partial charge in [0, 0.05) is 33.3 Å². The third kappa shape index (κ3) is 10.00. The predicted octanol–water partition coefficient (Wildman–Crippen LogP) is 5.40. The molecule has 244 valence electrons. The van der Waals surface area contributed by atoms with E-state index in [1.165, 1.54) is 7.11 Å². The highest BCUT2D eigenvalue weighted by atomic mass is 31.2. The highest BCUT2D eigenvalue weighted by Gasteiger charge is 2.39. The summed E-state index contributed by atoms with van der Waals surface area (Å²) < 4.78 is 29.4. The summed E-state index contributed by atoms with van der Waals surface area (Å²) in [5.41, 5.74) is 2.27. The molecule has 0 spiro atoms. The Bertz CT molecular complexity index is 1490. The van der Waals surface area contributed by atoms with Crippen LogP contribution in [0.1, 0.15) is 51.1 Å². The molecule has 46 heavy (non-hydrogen) atoms. The third-order valence-corrected chi connectivity index (χ3v) is 9.21. The number of hydrogen-bond donors (Lipinski definition) is 2. The van der Waals surface area contributed by atoms with Crippen LogP contribution in [-0.2, 0) is 31.8 Å². The first-order valence-corrected chi connectivity index (χ1v) is 16.9. The molecule has 0 saturated heterocycles. The molecule has 1 atom stereocenters. The number of ether oxygens (including phenoxy) is 2. The van der Waals surface area contributed by atoms with Crippen molar-refractivity contribution in [1.82, 2.24) is 20.2 Å². The number of carbonyl (C=O) groups excluding carboxylic acids is 4. The first kappa shape index (κ1) is 34.4. The van der Waals surface area contributed by atoms with Crippen molar-refractivity contribution in [3.05, 3.63) is 107 Å². The minimum atomic E-state index is -3.61. The molecule has 3 aromatic carbocycles. The van der Waals surface area contributed by atoms with E-state index in [-0.39, 0.29) is 37.4 Å². The predicted molar refractivity (Wildman–Crippen MR) is 171 cm³/mol. The number of carbonyl (C=O) groups is 4. The molecule has 4 rings (SSSR count). The molecule has 0 fully saturated rings. The van der Waals surface area contributed by atoms with E-state index in [9.17, 15) is 23.7 Å². The fourth-order valence-electron chi connectivity index (χ4n) is 4.74. The van der Waals surface area contributed by atoms with Crippen molar-refractivity contribution in [2.75, 3.05) is 39.6 Å². The van der Waals surface area contributed by atoms with Crippen molar-refractivity contribution in [3.63, 3.8) is 0 Å². The molecule has 1 unspecified atom stereocenters. The average molecular weight is 651 g/mol. The monoisotopic (exact) mass is 650 g/mol. The number of imide groups is 1. The molecule has 1 heterocycles. The lowest BCUT2D eigenvalue weighted by atomic mass is 10.1. The second kappa shape index (κ2) is 17.3. The number of nitrogens with zero attached hydrogens (tertiary/aromatic N) is 2. The van der Waals surface area contributed by atoms with Gasteiger partial charge >= 0.3 is 12.2 Å². The molecule has 0 bridgehead atoms. The zero-order valence-corrected chi connectivity index (χ0v) is 26.7. The Kier molecular flexibility index (Phi) is 12.9. The van der Waals surface area contributed by atoms with Gasteiger partial charge in [-0.1, -0.05) is 72.8 Å². The zero-order chi connectivity index (χ0) is 32.8. The molecule has 4 amide bonds. The van der Waals surface area contributed by atoms with E-state index in [0.29, 0.717) is 32.4 Å². The summed E-state index contributed by atoms with van der Waals surface area (Å²) in [5.74, 6) is -1.04. The number of nitrogens with one attached hydrogen (secondary N) is 2. The van der Waals surface area contributed by atoms with Gasteiger partial charge in [-0.2, -0.15) is 0 Å². The molecular weight excluding hydrogens is 611 g/mol. The van der Waals surface area contributed by atoms with Gasteiger partial charge in [-0.15, -0.1) is 0 Å². The van der Waals surface area contributed by atoms with Crippen LogP contribution in [0, 0.1) is 0 Å². The number of benzene rings is 3. The fourth-order valence-corrected chi connectivity index (χ4v) is 6.22. The van der Waals surface area contributed by atoms with Crippen molar-refractivity contribution < 1.29 is 37.7 Å². The SMILES string of the molecule is COP(=O)(CN1C(=O)c2ccccc2C1=O)NCCCN(CCCCNC(=O)OCc1ccccc1)C(=O)OCc1ccccc1. The minimum absolute atomic E-state index is 0.113. The number of alkyl carbamates (subject to hydrolysis) is 1. The maximum absolute atomic E-state index is 13.4. The van der Waals surface area contributed by atoms with E-state index in [1.807, 2.05) is 60.7 Å². The molecule has 1 aliphatic rings. The Morgan fingerprint density at radius 3 is 1.87 bits per heavy atom. The Morgan fingerprint density at radius 1 is 0.739 bits per heavy atom. The van der Waals surface area contributed by atoms with E-state index in [0.717, 1.165) is 16.0 Å². The smallest absolute Gasteiger partial charge is 0.410 e. The number of amides is 4. The lowest BCUT2D eigenvalue weighted by Crippen LogP contribution is -2.36. The molecule has 1 aliphatic heterocycles. The molecule has 12 nitrogen and oxygen atoms in total. The summed E-state index contributed by atoms with van der Waals surface area (Å²) in [5, 5.41) is 5.57. The topological polar surface area (TPSA) is 144 Å². The average Bonchev–Trinajstić information content (AvgIpc) is 3.32. The Labute approximate surface area is 268 Å². The zero-order valence-electron chi connectivity index (χ0n) is 25.8. The summed E-state index contributed by atoms with van der Waals surface area (Å²) in [6.07, 6.45) is 0.140. The molecule has 0 aromatic heterocycles. The number of fused-ring (bicyclic) bond motifs is 1. The van der Waals surface area contributed by atoms with Gasteiger partial charge in [0.2, 0.25) is 0 Å². The van der Waals surface area contributed by atoms with Crippen LogP contribution in [0.15, 0.2) is 84.9 Å². The van der Waals surface area contributed by atoms with Gasteiger partial charge in [-0.05, 0) is 42.5 Å². The molecule has 13 heteroatoms. The number of unbranched alkanes of at least 4 members (excludes halogenated alkanes) is 1. The van der Waals surface area contributed by atoms with Crippen molar-refractivity contribution in [2.24, 2.45) is 0 Å². The standard InChI is InChI=1S/C33H39N4O8P/c1-43-46(42,25-37-30(38)28-17-8-9-18-29(28)31(37)39)35-20-12-22-36(33(41)45-24-27-15-6-3-7-16-27)21-11-10-19-34-32(40)44-23-26-13-4-2-5-14-26/h2-9,13-18H,10-12,19-25H2,1H3,(H,34,40)(H,35,42). The molecule has 3 aromatic rings. The molecule has 0 radical (unpaired) electrons. The summed E-state index contributed by atoms with van der Waals surface area (Å²) in [6.45, 7) is 1.50. The van der Waals surface area contributed by atoms with E-state index in [2.05, 4.69) is 10.4 Å². The van der Waals surface area contributed by atoms with Crippen LogP contribution in [0.25, 0.3) is 0 Å². The van der Waals surface area contributed by atoms with Gasteiger partial charge in [0.05, 0.1) is 11.1 Å². The van der Waals surface area contributed by atoms with Crippen LogP contribution in [0.5, 0.6) is 0 Å². The van der Waals surface area contributed by atoms with Crippen LogP contribution in [0.2, 0.25) is 0 Å². The maximum Gasteiger partial charge on any atom is 0.410 e. The quantitative estimate of drug-likeness (QED) is 0.111. The minimum Gasteiger partial charge on any atom is -0.445 e. The van der Waals surface area contributed by atoms with E-state index >= 15 is 0 Å². The van der Waals surface area contributed by atoms with E-state index in [1.54, 1.807) is 29.2 Å². The third-order valence-electron chi connectivity index (χ3n) is 7.26. The van der Waals surface area contributed by atoms with Gasteiger partial charge in [0.25, 0.3) is 19.3 Å². The Hall–Kier alpha value is -4.51. The van der Waals surface area contributed by atoms with Gasteiger partial charge in [0.15, 0.2) is 0 Å². The first-order valence-electron chi connectivity index (χ1n) is 15.0. The molecule has 2 N–H and O–H groups in total. The first-order chi connectivity index (χ1) is 22.3. The summed E-state index contributed by atoms with van der Waals surface area (Å²) >= 11 is 0. The van der Waals surface area contributed by atoms with Crippen LogP contribution < -0.4 is 10.4 Å². The summed E-state index contributed by atoms with van der Waals surface area (Å²) in [4.78, 5) is 53.0.